The van der Waals surface area contributed by atoms with Crippen LogP contribution in [-0.4, -0.2) is 35.3 Å². The Morgan fingerprint density at radius 3 is 2.07 bits per heavy atom. The first-order valence-corrected chi connectivity index (χ1v) is 4.95. The van der Waals surface area contributed by atoms with Gasteiger partial charge in [0.1, 0.15) is 0 Å². The lowest BCUT2D eigenvalue weighted by Crippen LogP contribution is -2.68. The van der Waals surface area contributed by atoms with Crippen LogP contribution in [0.1, 0.15) is 27.2 Å². The van der Waals surface area contributed by atoms with Crippen LogP contribution in [0.5, 0.6) is 0 Å². The standard InChI is InChI=1S/C10H16N2O2/c1-9(2)4-7(13)12(8(9)14)10(3)5-11-6-10/h11H,4-6H2,1-3H3. The van der Waals surface area contributed by atoms with Crippen LogP contribution in [0.25, 0.3) is 0 Å². The molecule has 2 fully saturated rings. The summed E-state index contributed by atoms with van der Waals surface area (Å²) in [5.74, 6) is -0.0458. The second kappa shape index (κ2) is 2.57. The Balaban J connectivity index is 2.28. The van der Waals surface area contributed by atoms with Crippen molar-refractivity contribution in [2.75, 3.05) is 13.1 Å². The van der Waals surface area contributed by atoms with Crippen LogP contribution in [0.4, 0.5) is 0 Å². The van der Waals surface area contributed by atoms with E-state index in [0.717, 1.165) is 13.1 Å². The summed E-state index contributed by atoms with van der Waals surface area (Å²) in [6.07, 6.45) is 0.349. The Bertz CT molecular complexity index is 305. The van der Waals surface area contributed by atoms with Crippen molar-refractivity contribution in [1.29, 1.82) is 0 Å². The molecule has 0 saturated carbocycles. The molecule has 2 saturated heterocycles. The number of nitrogens with zero attached hydrogens (tertiary/aromatic N) is 1. The average Bonchev–Trinajstić information content (AvgIpc) is 2.18. The van der Waals surface area contributed by atoms with Crippen LogP contribution < -0.4 is 5.32 Å². The number of amides is 2. The molecule has 2 aliphatic heterocycles. The van der Waals surface area contributed by atoms with Gasteiger partial charge in [-0.2, -0.15) is 0 Å². The van der Waals surface area contributed by atoms with E-state index in [9.17, 15) is 9.59 Å². The summed E-state index contributed by atoms with van der Waals surface area (Å²) >= 11 is 0. The lowest BCUT2D eigenvalue weighted by molar-refractivity contribution is -0.149. The molecule has 0 aromatic carbocycles. The molecule has 1 N–H and O–H groups in total. The van der Waals surface area contributed by atoms with Crippen LogP contribution >= 0.6 is 0 Å². The monoisotopic (exact) mass is 196 g/mol. The van der Waals surface area contributed by atoms with Gasteiger partial charge in [0.15, 0.2) is 0 Å². The Hall–Kier alpha value is -0.900. The van der Waals surface area contributed by atoms with E-state index in [1.54, 1.807) is 0 Å². The van der Waals surface area contributed by atoms with Crippen molar-refractivity contribution in [3.8, 4) is 0 Å². The number of likely N-dealkylation sites (tertiary alicyclic amines) is 1. The minimum Gasteiger partial charge on any atom is -0.312 e. The van der Waals surface area contributed by atoms with Crippen LogP contribution in [0.3, 0.4) is 0 Å². The van der Waals surface area contributed by atoms with Crippen molar-refractivity contribution in [1.82, 2.24) is 10.2 Å². The van der Waals surface area contributed by atoms with E-state index < -0.39 is 5.41 Å². The van der Waals surface area contributed by atoms with Gasteiger partial charge >= 0.3 is 0 Å². The highest BCUT2D eigenvalue weighted by atomic mass is 16.2. The third-order valence-corrected chi connectivity index (χ3v) is 3.18. The first-order chi connectivity index (χ1) is 6.37. The molecule has 0 aliphatic carbocycles. The first-order valence-electron chi connectivity index (χ1n) is 4.95. The molecule has 4 heteroatoms. The van der Waals surface area contributed by atoms with Gasteiger partial charge in [-0.25, -0.2) is 0 Å². The van der Waals surface area contributed by atoms with E-state index >= 15 is 0 Å². The first kappa shape index (κ1) is 9.65. The summed E-state index contributed by atoms with van der Waals surface area (Å²) in [6.45, 7) is 7.08. The fraction of sp³-hybridized carbons (Fsp3) is 0.800. The molecule has 2 amide bonds. The summed E-state index contributed by atoms with van der Waals surface area (Å²) < 4.78 is 0. The number of carbonyl (C=O) groups excluding carboxylic acids is 2. The molecule has 0 bridgehead atoms. The summed E-state index contributed by atoms with van der Waals surface area (Å²) in [5, 5.41) is 3.10. The number of hydrogen-bond acceptors (Lipinski definition) is 3. The van der Waals surface area contributed by atoms with E-state index in [4.69, 9.17) is 0 Å². The zero-order valence-corrected chi connectivity index (χ0v) is 8.89. The lowest BCUT2D eigenvalue weighted by Gasteiger charge is -2.45. The number of hydrogen-bond donors (Lipinski definition) is 1. The third kappa shape index (κ3) is 1.10. The topological polar surface area (TPSA) is 49.4 Å². The molecule has 4 nitrogen and oxygen atoms in total. The van der Waals surface area contributed by atoms with Gasteiger partial charge in [0, 0.05) is 19.5 Å². The maximum Gasteiger partial charge on any atom is 0.235 e. The zero-order valence-electron chi connectivity index (χ0n) is 8.89. The van der Waals surface area contributed by atoms with Gasteiger partial charge in [-0.15, -0.1) is 0 Å². The molecule has 0 spiro atoms. The summed E-state index contributed by atoms with van der Waals surface area (Å²) in [5.41, 5.74) is -0.780. The predicted molar refractivity (Wildman–Crippen MR) is 51.5 cm³/mol. The minimum absolute atomic E-state index is 0.0218. The van der Waals surface area contributed by atoms with E-state index in [1.165, 1.54) is 4.90 Å². The molecule has 0 radical (unpaired) electrons. The number of rotatable bonds is 1. The second-order valence-electron chi connectivity index (χ2n) is 5.20. The second-order valence-corrected chi connectivity index (χ2v) is 5.20. The fourth-order valence-corrected chi connectivity index (χ4v) is 2.14. The third-order valence-electron chi connectivity index (χ3n) is 3.18. The number of imide groups is 1. The quantitative estimate of drug-likeness (QED) is 0.607. The highest BCUT2D eigenvalue weighted by molar-refractivity contribution is 6.06. The van der Waals surface area contributed by atoms with Gasteiger partial charge in [0.25, 0.3) is 0 Å². The van der Waals surface area contributed by atoms with Crippen molar-refractivity contribution in [3.63, 3.8) is 0 Å². The Kier molecular flexibility index (Phi) is 1.77. The fourth-order valence-electron chi connectivity index (χ4n) is 2.14. The maximum absolute atomic E-state index is 12.0. The summed E-state index contributed by atoms with van der Waals surface area (Å²) in [4.78, 5) is 25.1. The predicted octanol–water partition coefficient (Wildman–Crippen LogP) is 0.133. The van der Waals surface area contributed by atoms with Gasteiger partial charge in [0.05, 0.1) is 11.0 Å². The molecule has 0 aromatic rings. The smallest absolute Gasteiger partial charge is 0.235 e. The molecular formula is C10H16N2O2. The molecule has 2 aliphatic rings. The number of carbonyl (C=O) groups is 2. The van der Waals surface area contributed by atoms with E-state index in [1.807, 2.05) is 20.8 Å². The summed E-state index contributed by atoms with van der Waals surface area (Å²) in [6, 6.07) is 0. The van der Waals surface area contributed by atoms with Crippen molar-refractivity contribution in [2.24, 2.45) is 5.41 Å². The molecule has 2 rings (SSSR count). The maximum atomic E-state index is 12.0. The molecule has 78 valence electrons. The van der Waals surface area contributed by atoms with Crippen LogP contribution in [0.15, 0.2) is 0 Å². The highest BCUT2D eigenvalue weighted by Crippen LogP contribution is 2.37. The summed E-state index contributed by atoms with van der Waals surface area (Å²) in [7, 11) is 0. The van der Waals surface area contributed by atoms with Gasteiger partial charge in [-0.05, 0) is 6.92 Å². The van der Waals surface area contributed by atoms with Crippen LogP contribution in [-0.2, 0) is 9.59 Å². The van der Waals surface area contributed by atoms with E-state index in [-0.39, 0.29) is 17.4 Å². The Labute approximate surface area is 83.6 Å². The molecule has 0 aromatic heterocycles. The van der Waals surface area contributed by atoms with Crippen LogP contribution in [0, 0.1) is 5.41 Å². The van der Waals surface area contributed by atoms with Gasteiger partial charge in [-0.1, -0.05) is 13.8 Å². The SMILES string of the molecule is CC1(C)CC(=O)N(C2(C)CNC2)C1=O. The van der Waals surface area contributed by atoms with Crippen molar-refractivity contribution in [3.05, 3.63) is 0 Å². The highest BCUT2D eigenvalue weighted by Gasteiger charge is 2.53. The van der Waals surface area contributed by atoms with Crippen molar-refractivity contribution in [2.45, 2.75) is 32.7 Å². The van der Waals surface area contributed by atoms with Crippen molar-refractivity contribution >= 4 is 11.8 Å². The average molecular weight is 196 g/mol. The van der Waals surface area contributed by atoms with Crippen molar-refractivity contribution < 1.29 is 9.59 Å². The lowest BCUT2D eigenvalue weighted by atomic mass is 9.90. The Morgan fingerprint density at radius 2 is 1.79 bits per heavy atom. The van der Waals surface area contributed by atoms with Gasteiger partial charge in [0.2, 0.25) is 11.8 Å². The Morgan fingerprint density at radius 1 is 1.21 bits per heavy atom. The van der Waals surface area contributed by atoms with Gasteiger partial charge < -0.3 is 5.32 Å². The molecule has 0 atom stereocenters. The number of nitrogens with one attached hydrogen (secondary N) is 1. The minimum atomic E-state index is -0.504. The van der Waals surface area contributed by atoms with Gasteiger partial charge in [-0.3, -0.25) is 14.5 Å². The molecule has 2 heterocycles. The molecule has 14 heavy (non-hydrogen) atoms. The van der Waals surface area contributed by atoms with E-state index in [0.29, 0.717) is 6.42 Å². The van der Waals surface area contributed by atoms with Crippen LogP contribution in [0.2, 0.25) is 0 Å². The normalized spacial score (nSPS) is 29.2. The largest absolute Gasteiger partial charge is 0.312 e. The molecule has 0 unspecified atom stereocenters. The zero-order chi connectivity index (χ0) is 10.6. The molecular weight excluding hydrogens is 180 g/mol. The van der Waals surface area contributed by atoms with E-state index in [2.05, 4.69) is 5.32 Å².